The van der Waals surface area contributed by atoms with Crippen molar-refractivity contribution in [2.45, 2.75) is 0 Å². The minimum Gasteiger partial charge on any atom is -0.265 e. The summed E-state index contributed by atoms with van der Waals surface area (Å²) < 4.78 is 25.5. The highest BCUT2D eigenvalue weighted by Gasteiger charge is 2.03. The van der Waals surface area contributed by atoms with Crippen molar-refractivity contribution < 1.29 is 8.78 Å². The maximum Gasteiger partial charge on any atom is 0.216 e. The molecule has 2 rings (SSSR count). The molecule has 0 N–H and O–H groups in total. The Hall–Kier alpha value is -1.84. The minimum atomic E-state index is -0.822. The molecule has 14 heavy (non-hydrogen) atoms. The lowest BCUT2D eigenvalue weighted by molar-refractivity contribution is 0.513. The first-order valence-corrected chi connectivity index (χ1v) is 3.99. The topological polar surface area (TPSA) is 25.8 Å². The summed E-state index contributed by atoms with van der Waals surface area (Å²) in [7, 11) is 0. The molecule has 0 atom stereocenters. The molecule has 0 bridgehead atoms. The van der Waals surface area contributed by atoms with Gasteiger partial charge in [0.1, 0.15) is 0 Å². The van der Waals surface area contributed by atoms with E-state index >= 15 is 0 Å². The predicted octanol–water partition coefficient (Wildman–Crippen LogP) is 2.42. The lowest BCUT2D eigenvalue weighted by Crippen LogP contribution is -1.89. The molecule has 0 radical (unpaired) electrons. The highest BCUT2D eigenvalue weighted by Crippen LogP contribution is 2.18. The van der Waals surface area contributed by atoms with Gasteiger partial charge >= 0.3 is 0 Å². The molecule has 0 spiro atoms. The first-order valence-electron chi connectivity index (χ1n) is 3.99. The quantitative estimate of drug-likeness (QED) is 0.648. The summed E-state index contributed by atoms with van der Waals surface area (Å²) >= 11 is 0. The third kappa shape index (κ3) is 1.74. The van der Waals surface area contributed by atoms with E-state index in [4.69, 9.17) is 0 Å². The van der Waals surface area contributed by atoms with E-state index in [-0.39, 0.29) is 0 Å². The Bertz CT molecular complexity index is 423. The van der Waals surface area contributed by atoms with Crippen molar-refractivity contribution in [3.05, 3.63) is 48.6 Å². The van der Waals surface area contributed by atoms with Gasteiger partial charge in [0.05, 0.1) is 0 Å². The molecule has 0 aromatic carbocycles. The molecule has 0 saturated carbocycles. The monoisotopic (exact) mass is 192 g/mol. The zero-order chi connectivity index (χ0) is 9.97. The van der Waals surface area contributed by atoms with E-state index < -0.39 is 11.9 Å². The van der Waals surface area contributed by atoms with Gasteiger partial charge in [-0.1, -0.05) is 0 Å². The van der Waals surface area contributed by atoms with Gasteiger partial charge in [0, 0.05) is 24.5 Å². The number of rotatable bonds is 1. The molecule has 70 valence electrons. The van der Waals surface area contributed by atoms with Gasteiger partial charge in [-0.05, 0) is 23.3 Å². The number of pyridine rings is 2. The predicted molar refractivity (Wildman–Crippen MR) is 47.4 cm³/mol. The number of nitrogens with zero attached hydrogens (tertiary/aromatic N) is 2. The average Bonchev–Trinajstić information content (AvgIpc) is 2.18. The largest absolute Gasteiger partial charge is 0.265 e. The molecule has 0 aliphatic carbocycles. The molecule has 0 fully saturated rings. The summed E-state index contributed by atoms with van der Waals surface area (Å²) in [5.41, 5.74) is 1.16. The van der Waals surface area contributed by atoms with Crippen LogP contribution in [0.15, 0.2) is 36.7 Å². The zero-order valence-electron chi connectivity index (χ0n) is 7.11. The van der Waals surface area contributed by atoms with Crippen LogP contribution < -0.4 is 0 Å². The number of hydrogen-bond acceptors (Lipinski definition) is 2. The van der Waals surface area contributed by atoms with Crippen LogP contribution in [0.25, 0.3) is 11.1 Å². The summed E-state index contributed by atoms with van der Waals surface area (Å²) in [4.78, 5) is 6.82. The fraction of sp³-hybridized carbons (Fsp3) is 0. The third-order valence-corrected chi connectivity index (χ3v) is 1.78. The van der Waals surface area contributed by atoms with Crippen LogP contribution in [0.2, 0.25) is 0 Å². The maximum atomic E-state index is 12.7. The van der Waals surface area contributed by atoms with Crippen molar-refractivity contribution in [3.8, 4) is 11.1 Å². The molecular weight excluding hydrogens is 186 g/mol. The normalized spacial score (nSPS) is 10.1. The molecule has 2 aromatic heterocycles. The van der Waals surface area contributed by atoms with Gasteiger partial charge < -0.3 is 0 Å². The van der Waals surface area contributed by atoms with Crippen molar-refractivity contribution in [2.24, 2.45) is 0 Å². The summed E-state index contributed by atoms with van der Waals surface area (Å²) in [5.74, 6) is -1.64. The molecule has 0 unspecified atom stereocenters. The molecule has 2 aromatic rings. The Balaban J connectivity index is 2.52. The van der Waals surface area contributed by atoms with Crippen LogP contribution in [0.3, 0.4) is 0 Å². The van der Waals surface area contributed by atoms with Crippen LogP contribution >= 0.6 is 0 Å². The van der Waals surface area contributed by atoms with E-state index in [9.17, 15) is 8.78 Å². The zero-order valence-corrected chi connectivity index (χ0v) is 7.11. The van der Waals surface area contributed by atoms with Crippen molar-refractivity contribution >= 4 is 0 Å². The highest BCUT2D eigenvalue weighted by molar-refractivity contribution is 5.61. The van der Waals surface area contributed by atoms with Crippen molar-refractivity contribution in [1.29, 1.82) is 0 Å². The van der Waals surface area contributed by atoms with Crippen LogP contribution in [0.5, 0.6) is 0 Å². The van der Waals surface area contributed by atoms with Gasteiger partial charge in [0.2, 0.25) is 11.9 Å². The van der Waals surface area contributed by atoms with E-state index in [1.165, 1.54) is 12.1 Å². The van der Waals surface area contributed by atoms with Crippen molar-refractivity contribution in [1.82, 2.24) is 9.97 Å². The van der Waals surface area contributed by atoms with Gasteiger partial charge in [-0.2, -0.15) is 13.8 Å². The fourth-order valence-electron chi connectivity index (χ4n) is 1.18. The van der Waals surface area contributed by atoms with Crippen LogP contribution in [0.1, 0.15) is 0 Å². The van der Waals surface area contributed by atoms with E-state index in [1.54, 1.807) is 24.5 Å². The lowest BCUT2D eigenvalue weighted by Gasteiger charge is -2.00. The molecule has 2 heterocycles. The molecular formula is C10H6F2N2. The van der Waals surface area contributed by atoms with E-state index in [0.29, 0.717) is 11.1 Å². The Morgan fingerprint density at radius 1 is 0.857 bits per heavy atom. The summed E-state index contributed by atoms with van der Waals surface area (Å²) in [6.45, 7) is 0. The Labute approximate surface area is 79.3 Å². The fourth-order valence-corrected chi connectivity index (χ4v) is 1.18. The summed E-state index contributed by atoms with van der Waals surface area (Å²) in [6, 6.07) is 5.71. The van der Waals surface area contributed by atoms with E-state index in [2.05, 4.69) is 9.97 Å². The average molecular weight is 192 g/mol. The molecule has 0 aliphatic heterocycles. The van der Waals surface area contributed by atoms with E-state index in [1.807, 2.05) is 0 Å². The van der Waals surface area contributed by atoms with Crippen molar-refractivity contribution in [3.63, 3.8) is 0 Å². The standard InChI is InChI=1S/C10H6F2N2/c11-9-5-8(6-10(12)14-9)7-1-3-13-4-2-7/h1-6H. The van der Waals surface area contributed by atoms with Crippen LogP contribution in [-0.2, 0) is 0 Å². The number of halogens is 2. The number of hydrogen-bond donors (Lipinski definition) is 0. The SMILES string of the molecule is Fc1cc(-c2ccncc2)cc(F)n1. The lowest BCUT2D eigenvalue weighted by atomic mass is 10.1. The van der Waals surface area contributed by atoms with Crippen LogP contribution in [-0.4, -0.2) is 9.97 Å². The molecule has 2 nitrogen and oxygen atoms in total. The highest BCUT2D eigenvalue weighted by atomic mass is 19.1. The Morgan fingerprint density at radius 3 is 2.00 bits per heavy atom. The van der Waals surface area contributed by atoms with Crippen LogP contribution in [0.4, 0.5) is 8.78 Å². The van der Waals surface area contributed by atoms with Crippen molar-refractivity contribution in [2.75, 3.05) is 0 Å². The second kappa shape index (κ2) is 3.49. The minimum absolute atomic E-state index is 0.456. The Kier molecular flexibility index (Phi) is 2.18. The number of aromatic nitrogens is 2. The first-order chi connectivity index (χ1) is 6.75. The molecule has 0 saturated heterocycles. The molecule has 0 aliphatic rings. The van der Waals surface area contributed by atoms with Gasteiger partial charge in [-0.3, -0.25) is 4.98 Å². The maximum absolute atomic E-state index is 12.7. The third-order valence-electron chi connectivity index (χ3n) is 1.78. The van der Waals surface area contributed by atoms with Gasteiger partial charge in [-0.15, -0.1) is 0 Å². The Morgan fingerprint density at radius 2 is 1.43 bits per heavy atom. The second-order valence-electron chi connectivity index (χ2n) is 2.74. The van der Waals surface area contributed by atoms with Gasteiger partial charge in [0.15, 0.2) is 0 Å². The summed E-state index contributed by atoms with van der Waals surface area (Å²) in [6.07, 6.45) is 3.12. The van der Waals surface area contributed by atoms with Crippen LogP contribution in [0, 0.1) is 11.9 Å². The molecule has 0 amide bonds. The summed E-state index contributed by atoms with van der Waals surface area (Å²) in [5, 5.41) is 0. The first kappa shape index (κ1) is 8.74. The second-order valence-corrected chi connectivity index (χ2v) is 2.74. The molecule has 4 heteroatoms. The smallest absolute Gasteiger partial charge is 0.216 e. The van der Waals surface area contributed by atoms with Gasteiger partial charge in [0.25, 0.3) is 0 Å². The van der Waals surface area contributed by atoms with E-state index in [0.717, 1.165) is 0 Å². The van der Waals surface area contributed by atoms with Gasteiger partial charge in [-0.25, -0.2) is 0 Å².